The molecule has 2 fully saturated rings. The lowest BCUT2D eigenvalue weighted by Crippen LogP contribution is -2.36. The molecule has 5 heteroatoms. The number of benzene rings is 2. The number of hydrogen-bond donors (Lipinski definition) is 2. The van der Waals surface area contributed by atoms with Gasteiger partial charge in [-0.1, -0.05) is 36.4 Å². The lowest BCUT2D eigenvalue weighted by Gasteiger charge is -2.26. The zero-order chi connectivity index (χ0) is 19.7. The van der Waals surface area contributed by atoms with Gasteiger partial charge in [-0.25, -0.2) is 4.79 Å². The van der Waals surface area contributed by atoms with Crippen molar-refractivity contribution in [3.63, 3.8) is 0 Å². The van der Waals surface area contributed by atoms with Gasteiger partial charge in [0.1, 0.15) is 5.75 Å². The summed E-state index contributed by atoms with van der Waals surface area (Å²) in [5.41, 5.74) is 2.29. The Balaban J connectivity index is 1.37. The molecule has 2 N–H and O–H groups in total. The van der Waals surface area contributed by atoms with E-state index in [2.05, 4.69) is 17.4 Å². The standard InChI is InChI=1S/C23H28N2O3/c1-16-8-9-21(28-2)20(10-16)24-22(26)25-14-18-12-23(27,13-19(18)15-25)11-17-6-4-3-5-7-17/h3-10,18-19,27H,11-15H2,1-2H3,(H,24,26). The van der Waals surface area contributed by atoms with Crippen molar-refractivity contribution in [1.29, 1.82) is 0 Å². The van der Waals surface area contributed by atoms with Gasteiger partial charge in [0.05, 0.1) is 18.4 Å². The number of anilines is 1. The number of carbonyl (C=O) groups is 1. The molecule has 0 radical (unpaired) electrons. The van der Waals surface area contributed by atoms with E-state index >= 15 is 0 Å². The lowest BCUT2D eigenvalue weighted by molar-refractivity contribution is 0.0368. The number of carbonyl (C=O) groups excluding carboxylic acids is 1. The third-order valence-electron chi connectivity index (χ3n) is 6.12. The van der Waals surface area contributed by atoms with Crippen LogP contribution in [-0.4, -0.2) is 41.8 Å². The van der Waals surface area contributed by atoms with Gasteiger partial charge in [-0.3, -0.25) is 0 Å². The minimum absolute atomic E-state index is 0.0927. The molecule has 1 aliphatic heterocycles. The molecule has 28 heavy (non-hydrogen) atoms. The number of fused-ring (bicyclic) bond motifs is 1. The molecule has 1 heterocycles. The van der Waals surface area contributed by atoms with E-state index in [1.807, 2.05) is 48.2 Å². The molecular weight excluding hydrogens is 352 g/mol. The molecule has 0 aromatic heterocycles. The number of rotatable bonds is 4. The SMILES string of the molecule is COc1ccc(C)cc1NC(=O)N1CC2CC(O)(Cc3ccccc3)CC2C1. The molecule has 4 rings (SSSR count). The fourth-order valence-electron chi connectivity index (χ4n) is 4.86. The number of hydrogen-bond acceptors (Lipinski definition) is 3. The van der Waals surface area contributed by atoms with Crippen LogP contribution in [0.4, 0.5) is 10.5 Å². The Morgan fingerprint density at radius 1 is 1.18 bits per heavy atom. The lowest BCUT2D eigenvalue weighted by atomic mass is 9.91. The molecule has 1 saturated carbocycles. The Labute approximate surface area is 166 Å². The normalized spacial score (nSPS) is 26.2. The third kappa shape index (κ3) is 3.85. The fourth-order valence-corrected chi connectivity index (χ4v) is 4.86. The first kappa shape index (κ1) is 18.8. The van der Waals surface area contributed by atoms with E-state index in [9.17, 15) is 9.90 Å². The fraction of sp³-hybridized carbons (Fsp3) is 0.435. The van der Waals surface area contributed by atoms with Gasteiger partial charge in [-0.05, 0) is 54.9 Å². The van der Waals surface area contributed by atoms with Gasteiger partial charge in [0, 0.05) is 19.5 Å². The van der Waals surface area contributed by atoms with Crippen molar-refractivity contribution < 1.29 is 14.6 Å². The number of urea groups is 1. The molecule has 2 aromatic carbocycles. The first-order valence-corrected chi connectivity index (χ1v) is 9.93. The van der Waals surface area contributed by atoms with Crippen LogP contribution in [0.2, 0.25) is 0 Å². The van der Waals surface area contributed by atoms with Crippen LogP contribution in [0.15, 0.2) is 48.5 Å². The summed E-state index contributed by atoms with van der Waals surface area (Å²) in [4.78, 5) is 14.6. The summed E-state index contributed by atoms with van der Waals surface area (Å²) >= 11 is 0. The highest BCUT2D eigenvalue weighted by Gasteiger charge is 2.49. The quantitative estimate of drug-likeness (QED) is 0.847. The number of amides is 2. The first-order chi connectivity index (χ1) is 13.5. The van der Waals surface area contributed by atoms with E-state index in [-0.39, 0.29) is 6.03 Å². The summed E-state index contributed by atoms with van der Waals surface area (Å²) in [7, 11) is 1.61. The van der Waals surface area contributed by atoms with Crippen molar-refractivity contribution in [1.82, 2.24) is 4.90 Å². The van der Waals surface area contributed by atoms with Gasteiger partial charge >= 0.3 is 6.03 Å². The number of nitrogens with one attached hydrogen (secondary N) is 1. The zero-order valence-corrected chi connectivity index (χ0v) is 16.5. The summed E-state index contributed by atoms with van der Waals surface area (Å²) in [5, 5.41) is 14.1. The molecule has 2 amide bonds. The van der Waals surface area contributed by atoms with E-state index in [0.29, 0.717) is 42.8 Å². The molecule has 2 aromatic rings. The van der Waals surface area contributed by atoms with Crippen LogP contribution < -0.4 is 10.1 Å². The molecule has 2 unspecified atom stereocenters. The zero-order valence-electron chi connectivity index (χ0n) is 16.5. The molecule has 1 saturated heterocycles. The topological polar surface area (TPSA) is 61.8 Å². The van der Waals surface area contributed by atoms with Crippen molar-refractivity contribution in [3.8, 4) is 5.75 Å². The van der Waals surface area contributed by atoms with Gasteiger partial charge in [0.2, 0.25) is 0 Å². The van der Waals surface area contributed by atoms with E-state index in [0.717, 1.165) is 18.4 Å². The van der Waals surface area contributed by atoms with Crippen LogP contribution in [0.1, 0.15) is 24.0 Å². The second-order valence-electron chi connectivity index (χ2n) is 8.35. The Morgan fingerprint density at radius 3 is 2.50 bits per heavy atom. The van der Waals surface area contributed by atoms with E-state index in [4.69, 9.17) is 4.74 Å². The van der Waals surface area contributed by atoms with Crippen molar-refractivity contribution in [2.45, 2.75) is 31.8 Å². The third-order valence-corrected chi connectivity index (χ3v) is 6.12. The summed E-state index contributed by atoms with van der Waals surface area (Å²) in [6.45, 7) is 3.38. The molecule has 0 spiro atoms. The summed E-state index contributed by atoms with van der Waals surface area (Å²) in [5.74, 6) is 1.38. The van der Waals surface area contributed by atoms with Gasteiger partial charge < -0.3 is 20.1 Å². The van der Waals surface area contributed by atoms with Gasteiger partial charge in [0.15, 0.2) is 0 Å². The molecule has 148 valence electrons. The number of aryl methyl sites for hydroxylation is 1. The first-order valence-electron chi connectivity index (χ1n) is 9.93. The highest BCUT2D eigenvalue weighted by Crippen LogP contribution is 2.45. The Morgan fingerprint density at radius 2 is 1.86 bits per heavy atom. The van der Waals surface area contributed by atoms with E-state index < -0.39 is 5.60 Å². The van der Waals surface area contributed by atoms with E-state index in [1.165, 1.54) is 5.56 Å². The predicted octanol–water partition coefficient (Wildman–Crippen LogP) is 3.85. The van der Waals surface area contributed by atoms with Crippen molar-refractivity contribution in [2.75, 3.05) is 25.5 Å². The van der Waals surface area contributed by atoms with Crippen molar-refractivity contribution in [2.24, 2.45) is 11.8 Å². The molecule has 2 aliphatic rings. The van der Waals surface area contributed by atoms with Crippen LogP contribution in [0.5, 0.6) is 5.75 Å². The van der Waals surface area contributed by atoms with Gasteiger partial charge in [-0.15, -0.1) is 0 Å². The largest absolute Gasteiger partial charge is 0.495 e. The van der Waals surface area contributed by atoms with Crippen LogP contribution in [0.3, 0.4) is 0 Å². The second kappa shape index (κ2) is 7.47. The Hall–Kier alpha value is -2.53. The summed E-state index contributed by atoms with van der Waals surface area (Å²) in [6, 6.07) is 15.8. The number of ether oxygens (including phenoxy) is 1. The van der Waals surface area contributed by atoms with Crippen LogP contribution in [0, 0.1) is 18.8 Å². The predicted molar refractivity (Wildman–Crippen MR) is 110 cm³/mol. The number of nitrogens with zero attached hydrogens (tertiary/aromatic N) is 1. The van der Waals surface area contributed by atoms with Crippen LogP contribution in [-0.2, 0) is 6.42 Å². The smallest absolute Gasteiger partial charge is 0.321 e. The molecule has 5 nitrogen and oxygen atoms in total. The number of aliphatic hydroxyl groups is 1. The molecular formula is C23H28N2O3. The number of methoxy groups -OCH3 is 1. The van der Waals surface area contributed by atoms with Gasteiger partial charge in [-0.2, -0.15) is 0 Å². The molecule has 1 aliphatic carbocycles. The minimum atomic E-state index is -0.654. The van der Waals surface area contributed by atoms with Crippen LogP contribution >= 0.6 is 0 Å². The van der Waals surface area contributed by atoms with Gasteiger partial charge in [0.25, 0.3) is 0 Å². The molecule has 0 bridgehead atoms. The van der Waals surface area contributed by atoms with Crippen LogP contribution in [0.25, 0.3) is 0 Å². The average molecular weight is 380 g/mol. The monoisotopic (exact) mass is 380 g/mol. The Bertz CT molecular complexity index is 838. The minimum Gasteiger partial charge on any atom is -0.495 e. The molecule has 2 atom stereocenters. The summed E-state index contributed by atoms with van der Waals surface area (Å²) in [6.07, 6.45) is 2.20. The highest BCUT2D eigenvalue weighted by atomic mass is 16.5. The average Bonchev–Trinajstić information content (AvgIpc) is 3.17. The van der Waals surface area contributed by atoms with Crippen molar-refractivity contribution in [3.05, 3.63) is 59.7 Å². The summed E-state index contributed by atoms with van der Waals surface area (Å²) < 4.78 is 5.36. The van der Waals surface area contributed by atoms with Crippen molar-refractivity contribution >= 4 is 11.7 Å². The maximum Gasteiger partial charge on any atom is 0.321 e. The van der Waals surface area contributed by atoms with E-state index in [1.54, 1.807) is 7.11 Å². The maximum absolute atomic E-state index is 12.8. The highest BCUT2D eigenvalue weighted by molar-refractivity contribution is 5.91. The Kier molecular flexibility index (Phi) is 5.02. The number of likely N-dealkylation sites (tertiary alicyclic amines) is 1. The second-order valence-corrected chi connectivity index (χ2v) is 8.35. The maximum atomic E-state index is 12.8.